The third-order valence-corrected chi connectivity index (χ3v) is 9.36. The molecule has 1 heterocycles. The minimum atomic E-state index is -1.65. The lowest BCUT2D eigenvalue weighted by atomic mass is 9.72. The first-order valence-electron chi connectivity index (χ1n) is 14.3. The van der Waals surface area contributed by atoms with Gasteiger partial charge in [-0.15, -0.1) is 0 Å². The molecule has 3 aromatic rings. The first-order chi connectivity index (χ1) is 19.6. The average molecular weight is 688 g/mol. The van der Waals surface area contributed by atoms with Crippen molar-refractivity contribution >= 4 is 43.8 Å². The highest BCUT2D eigenvalue weighted by Gasteiger charge is 2.54. The van der Waals surface area contributed by atoms with E-state index in [4.69, 9.17) is 4.74 Å². The molecule has 0 aliphatic carbocycles. The van der Waals surface area contributed by atoms with Crippen LogP contribution in [0.2, 0.25) is 0 Å². The molecular weight excluding hydrogens is 652 g/mol. The number of fused-ring (bicyclic) bond motifs is 1. The molecule has 0 bridgehead atoms. The predicted molar refractivity (Wildman–Crippen MR) is 166 cm³/mol. The summed E-state index contributed by atoms with van der Waals surface area (Å²) in [6, 6.07) is 8.26. The van der Waals surface area contributed by atoms with Gasteiger partial charge in [0.15, 0.2) is 5.60 Å². The maximum absolute atomic E-state index is 13.9. The fourth-order valence-corrected chi connectivity index (χ4v) is 7.51. The number of ether oxygens (including phenoxy) is 1. The molecule has 0 amide bonds. The number of carbonyl (C=O) groups is 2. The molecule has 3 N–H and O–H groups in total. The highest BCUT2D eigenvalue weighted by Crippen LogP contribution is 2.57. The van der Waals surface area contributed by atoms with Gasteiger partial charge in [-0.25, -0.2) is 9.59 Å². The molecule has 6 nitrogen and oxygen atoms in total. The van der Waals surface area contributed by atoms with Crippen molar-refractivity contribution in [2.24, 2.45) is 0 Å². The van der Waals surface area contributed by atoms with Crippen LogP contribution in [0.15, 0.2) is 39.3 Å². The van der Waals surface area contributed by atoms with E-state index in [2.05, 4.69) is 59.6 Å². The van der Waals surface area contributed by atoms with Crippen LogP contribution in [0.5, 0.6) is 11.5 Å². The van der Waals surface area contributed by atoms with Gasteiger partial charge in [-0.05, 0) is 98.0 Å². The fourth-order valence-electron chi connectivity index (χ4n) is 6.25. The average Bonchev–Trinajstić information content (AvgIpc) is 3.23. The molecule has 0 spiro atoms. The van der Waals surface area contributed by atoms with Crippen LogP contribution in [0.25, 0.3) is 0 Å². The molecule has 0 atom stereocenters. The maximum Gasteiger partial charge on any atom is 0.341 e. The summed E-state index contributed by atoms with van der Waals surface area (Å²) in [6.07, 6.45) is 5.91. The van der Waals surface area contributed by atoms with E-state index in [-0.39, 0.29) is 22.6 Å². The Kier molecular flexibility index (Phi) is 9.54. The van der Waals surface area contributed by atoms with Crippen LogP contribution in [0.1, 0.15) is 113 Å². The number of phenolic OH excluding ortho intramolecular Hbond substituents is 2. The minimum absolute atomic E-state index is 0.00339. The zero-order valence-corrected chi connectivity index (χ0v) is 27.0. The summed E-state index contributed by atoms with van der Waals surface area (Å²) in [5.41, 5.74) is 3.39. The van der Waals surface area contributed by atoms with Crippen LogP contribution in [0.4, 0.5) is 0 Å². The third kappa shape index (κ3) is 5.18. The van der Waals surface area contributed by atoms with Gasteiger partial charge in [-0.1, -0.05) is 65.5 Å². The summed E-state index contributed by atoms with van der Waals surface area (Å²) >= 11 is 7.34. The van der Waals surface area contributed by atoms with Gasteiger partial charge in [0.05, 0.1) is 20.1 Å². The second-order valence-electron chi connectivity index (χ2n) is 10.5. The Morgan fingerprint density at radius 3 is 1.68 bits per heavy atom. The maximum atomic E-state index is 13.9. The van der Waals surface area contributed by atoms with E-state index in [0.29, 0.717) is 51.3 Å². The molecule has 8 heteroatoms. The highest BCUT2D eigenvalue weighted by atomic mass is 79.9. The van der Waals surface area contributed by atoms with Crippen LogP contribution in [-0.2, 0) is 36.0 Å². The summed E-state index contributed by atoms with van der Waals surface area (Å²) in [7, 11) is 0. The molecule has 218 valence electrons. The monoisotopic (exact) mass is 686 g/mol. The van der Waals surface area contributed by atoms with Crippen molar-refractivity contribution in [3.8, 4) is 11.5 Å². The molecule has 4 rings (SSSR count). The van der Waals surface area contributed by atoms with E-state index in [0.717, 1.165) is 47.9 Å². The topological polar surface area (TPSA) is 104 Å². The second kappa shape index (κ2) is 12.6. The number of carbonyl (C=O) groups excluding carboxylic acids is 1. The number of hydrogen-bond donors (Lipinski definition) is 3. The van der Waals surface area contributed by atoms with Gasteiger partial charge in [0.2, 0.25) is 0 Å². The SMILES string of the molecule is CCCc1cc(O)c(Br)c(C2(c3c(Br)c(O)cc(CCC)c3CCC)OC(=O)c3c(C(=O)O)cccc32)c1CCC. The fraction of sp³-hybridized carbons (Fsp3) is 0.394. The number of carboxylic acids is 1. The quantitative estimate of drug-likeness (QED) is 0.175. The largest absolute Gasteiger partial charge is 0.507 e. The lowest BCUT2D eigenvalue weighted by Crippen LogP contribution is -2.34. The Hall–Kier alpha value is -2.84. The molecule has 0 aromatic heterocycles. The number of carboxylic acid groups (broad SMARTS) is 1. The number of aromatic hydroxyl groups is 2. The van der Waals surface area contributed by atoms with Gasteiger partial charge in [0.25, 0.3) is 0 Å². The van der Waals surface area contributed by atoms with Gasteiger partial charge in [-0.3, -0.25) is 0 Å². The van der Waals surface area contributed by atoms with Gasteiger partial charge < -0.3 is 20.1 Å². The highest BCUT2D eigenvalue weighted by molar-refractivity contribution is 9.11. The standard InChI is InChI=1S/C33H36Br2O6/c1-5-10-18-16-24(36)29(34)27(20(18)12-7-3)33(23-15-9-14-22(31(38)39)26(23)32(40)41-33)28-21(13-8-4)19(11-6-2)17-25(37)30(28)35/h9,14-17,36-37H,5-8,10-13H2,1-4H3,(H,38,39). The number of phenols is 2. The summed E-state index contributed by atoms with van der Waals surface area (Å²) in [5.74, 6) is -1.99. The second-order valence-corrected chi connectivity index (χ2v) is 12.1. The summed E-state index contributed by atoms with van der Waals surface area (Å²) in [5, 5.41) is 32.6. The molecule has 0 unspecified atom stereocenters. The van der Waals surface area contributed by atoms with Crippen molar-refractivity contribution in [3.63, 3.8) is 0 Å². The van der Waals surface area contributed by atoms with Gasteiger partial charge >= 0.3 is 11.9 Å². The summed E-state index contributed by atoms with van der Waals surface area (Å²) in [4.78, 5) is 26.2. The van der Waals surface area contributed by atoms with E-state index >= 15 is 0 Å². The summed E-state index contributed by atoms with van der Waals surface area (Å²) < 4.78 is 7.25. The van der Waals surface area contributed by atoms with Gasteiger partial charge in [0.1, 0.15) is 11.5 Å². The smallest absolute Gasteiger partial charge is 0.341 e. The number of aromatic carboxylic acids is 1. The number of esters is 1. The Morgan fingerprint density at radius 1 is 0.805 bits per heavy atom. The molecular formula is C33H36Br2O6. The number of hydrogen-bond acceptors (Lipinski definition) is 5. The molecule has 0 saturated heterocycles. The van der Waals surface area contributed by atoms with Crippen molar-refractivity contribution < 1.29 is 29.6 Å². The Bertz CT molecular complexity index is 1440. The zero-order valence-electron chi connectivity index (χ0n) is 23.9. The van der Waals surface area contributed by atoms with E-state index in [1.807, 2.05) is 0 Å². The van der Waals surface area contributed by atoms with Crippen LogP contribution >= 0.6 is 31.9 Å². The third-order valence-electron chi connectivity index (χ3n) is 7.76. The zero-order chi connectivity index (χ0) is 30.1. The Morgan fingerprint density at radius 2 is 1.27 bits per heavy atom. The van der Waals surface area contributed by atoms with E-state index < -0.39 is 17.5 Å². The Labute approximate surface area is 258 Å². The number of halogens is 2. The predicted octanol–water partition coefficient (Wildman–Crippen LogP) is 8.59. The number of benzene rings is 3. The first kappa shape index (κ1) is 31.1. The summed E-state index contributed by atoms with van der Waals surface area (Å²) in [6.45, 7) is 8.26. The number of aryl methyl sites for hydroxylation is 2. The lowest BCUT2D eigenvalue weighted by Gasteiger charge is -2.37. The van der Waals surface area contributed by atoms with Crippen LogP contribution < -0.4 is 0 Å². The molecule has 0 radical (unpaired) electrons. The number of rotatable bonds is 11. The van der Waals surface area contributed by atoms with Crippen molar-refractivity contribution in [1.29, 1.82) is 0 Å². The first-order valence-corrected chi connectivity index (χ1v) is 15.8. The minimum Gasteiger partial charge on any atom is -0.507 e. The molecule has 41 heavy (non-hydrogen) atoms. The molecule has 3 aromatic carbocycles. The molecule has 1 aliphatic heterocycles. The van der Waals surface area contributed by atoms with Crippen molar-refractivity contribution in [1.82, 2.24) is 0 Å². The molecule has 1 aliphatic rings. The van der Waals surface area contributed by atoms with E-state index in [9.17, 15) is 24.9 Å². The van der Waals surface area contributed by atoms with Crippen molar-refractivity contribution in [2.75, 3.05) is 0 Å². The number of cyclic esters (lactones) is 1. The van der Waals surface area contributed by atoms with Crippen molar-refractivity contribution in [3.05, 3.63) is 89.3 Å². The van der Waals surface area contributed by atoms with E-state index in [1.165, 1.54) is 6.07 Å². The van der Waals surface area contributed by atoms with E-state index in [1.54, 1.807) is 24.3 Å². The van der Waals surface area contributed by atoms with Crippen LogP contribution in [0.3, 0.4) is 0 Å². The van der Waals surface area contributed by atoms with Crippen LogP contribution in [-0.4, -0.2) is 27.3 Å². The Balaban J connectivity index is 2.34. The van der Waals surface area contributed by atoms with Crippen molar-refractivity contribution in [2.45, 2.75) is 84.7 Å². The molecule has 0 fully saturated rings. The normalized spacial score (nSPS) is 13.8. The van der Waals surface area contributed by atoms with Crippen LogP contribution in [0, 0.1) is 0 Å². The van der Waals surface area contributed by atoms with Gasteiger partial charge in [-0.2, -0.15) is 0 Å². The molecule has 0 saturated carbocycles. The van der Waals surface area contributed by atoms with Gasteiger partial charge in [0, 0.05) is 16.7 Å². The lowest BCUT2D eigenvalue weighted by molar-refractivity contribution is 0.0238.